The summed E-state index contributed by atoms with van der Waals surface area (Å²) in [5.41, 5.74) is 5.33. The number of aromatic nitrogens is 2. The number of nitrogens with zero attached hydrogens (tertiary/aromatic N) is 2. The van der Waals surface area contributed by atoms with E-state index in [2.05, 4.69) is 20.7 Å². The first-order valence-electron chi connectivity index (χ1n) is 7.94. The summed E-state index contributed by atoms with van der Waals surface area (Å²) in [6.07, 6.45) is 1.40. The van der Waals surface area contributed by atoms with E-state index in [4.69, 9.17) is 16.3 Å². The second kappa shape index (κ2) is 8.31. The van der Waals surface area contributed by atoms with Crippen LogP contribution in [0.2, 0.25) is 5.02 Å². The molecule has 0 amide bonds. The van der Waals surface area contributed by atoms with Gasteiger partial charge < -0.3 is 4.74 Å². The largest absolute Gasteiger partial charge is 0.489 e. The van der Waals surface area contributed by atoms with E-state index in [1.54, 1.807) is 0 Å². The molecule has 1 heterocycles. The normalized spacial score (nSPS) is 11.2. The summed E-state index contributed by atoms with van der Waals surface area (Å²) in [5, 5.41) is 10.2. The highest BCUT2D eigenvalue weighted by molar-refractivity contribution is 6.32. The summed E-state index contributed by atoms with van der Waals surface area (Å²) in [4.78, 5) is 11.4. The SMILES string of the molecule is C/C(=N\Nc1cn[nH]c(=O)c1Cl)c1cccc(OCc2ccccc2)c1. The van der Waals surface area contributed by atoms with E-state index in [1.165, 1.54) is 6.20 Å². The summed E-state index contributed by atoms with van der Waals surface area (Å²) in [7, 11) is 0. The first-order chi connectivity index (χ1) is 12.6. The number of hydrazone groups is 1. The molecule has 6 nitrogen and oxygen atoms in total. The van der Waals surface area contributed by atoms with Crippen LogP contribution in [0.5, 0.6) is 5.75 Å². The van der Waals surface area contributed by atoms with Gasteiger partial charge in [-0.15, -0.1) is 0 Å². The van der Waals surface area contributed by atoms with Gasteiger partial charge in [0.25, 0.3) is 5.56 Å². The summed E-state index contributed by atoms with van der Waals surface area (Å²) in [5.74, 6) is 0.747. The van der Waals surface area contributed by atoms with Crippen molar-refractivity contribution in [1.29, 1.82) is 0 Å². The fraction of sp³-hybridized carbons (Fsp3) is 0.105. The number of ether oxygens (including phenoxy) is 1. The number of rotatable bonds is 6. The van der Waals surface area contributed by atoms with E-state index in [1.807, 2.05) is 61.5 Å². The Morgan fingerprint density at radius 1 is 1.23 bits per heavy atom. The van der Waals surface area contributed by atoms with Crippen molar-refractivity contribution in [2.24, 2.45) is 5.10 Å². The van der Waals surface area contributed by atoms with E-state index in [9.17, 15) is 4.79 Å². The zero-order valence-electron chi connectivity index (χ0n) is 14.1. The van der Waals surface area contributed by atoms with E-state index in [-0.39, 0.29) is 5.02 Å². The first kappa shape index (κ1) is 17.7. The molecule has 0 aliphatic rings. The summed E-state index contributed by atoms with van der Waals surface area (Å²) < 4.78 is 5.83. The highest BCUT2D eigenvalue weighted by Gasteiger charge is 2.05. The van der Waals surface area contributed by atoms with Gasteiger partial charge in [-0.1, -0.05) is 54.1 Å². The molecule has 0 saturated carbocycles. The highest BCUT2D eigenvalue weighted by Crippen LogP contribution is 2.17. The maximum atomic E-state index is 11.4. The highest BCUT2D eigenvalue weighted by atomic mass is 35.5. The van der Waals surface area contributed by atoms with Gasteiger partial charge in [-0.3, -0.25) is 10.2 Å². The number of anilines is 1. The molecule has 0 atom stereocenters. The number of aromatic amines is 1. The quantitative estimate of drug-likeness (QED) is 0.511. The van der Waals surface area contributed by atoms with Crippen LogP contribution in [0.15, 0.2) is 70.7 Å². The van der Waals surface area contributed by atoms with Crippen molar-refractivity contribution in [3.63, 3.8) is 0 Å². The Morgan fingerprint density at radius 2 is 2.04 bits per heavy atom. The van der Waals surface area contributed by atoms with E-state index >= 15 is 0 Å². The van der Waals surface area contributed by atoms with Crippen molar-refractivity contribution in [3.8, 4) is 5.75 Å². The van der Waals surface area contributed by atoms with Gasteiger partial charge in [0, 0.05) is 5.56 Å². The second-order valence-electron chi connectivity index (χ2n) is 5.54. The van der Waals surface area contributed by atoms with Crippen LogP contribution in [0.25, 0.3) is 0 Å². The van der Waals surface area contributed by atoms with Gasteiger partial charge in [0.2, 0.25) is 0 Å². The molecule has 7 heteroatoms. The maximum absolute atomic E-state index is 11.4. The monoisotopic (exact) mass is 368 g/mol. The summed E-state index contributed by atoms with van der Waals surface area (Å²) >= 11 is 5.91. The minimum absolute atomic E-state index is 0.0106. The van der Waals surface area contributed by atoms with Gasteiger partial charge in [-0.2, -0.15) is 10.2 Å². The van der Waals surface area contributed by atoms with Crippen LogP contribution in [0.4, 0.5) is 5.69 Å². The Morgan fingerprint density at radius 3 is 2.85 bits per heavy atom. The first-order valence-corrected chi connectivity index (χ1v) is 8.32. The topological polar surface area (TPSA) is 79.4 Å². The predicted molar refractivity (Wildman–Crippen MR) is 103 cm³/mol. The molecule has 3 rings (SSSR count). The molecule has 2 N–H and O–H groups in total. The third kappa shape index (κ3) is 4.49. The van der Waals surface area contributed by atoms with E-state index in [0.717, 1.165) is 16.9 Å². The number of H-pyrrole nitrogens is 1. The van der Waals surface area contributed by atoms with Gasteiger partial charge in [0.15, 0.2) is 0 Å². The van der Waals surface area contributed by atoms with Crippen LogP contribution in [0.1, 0.15) is 18.1 Å². The van der Waals surface area contributed by atoms with Crippen LogP contribution < -0.4 is 15.7 Å². The van der Waals surface area contributed by atoms with Crippen molar-refractivity contribution in [2.75, 3.05) is 5.43 Å². The average Bonchev–Trinajstić information content (AvgIpc) is 2.68. The van der Waals surface area contributed by atoms with Crippen LogP contribution in [-0.2, 0) is 6.61 Å². The Hall–Kier alpha value is -3.12. The third-order valence-electron chi connectivity index (χ3n) is 3.64. The molecule has 0 radical (unpaired) electrons. The lowest BCUT2D eigenvalue weighted by molar-refractivity contribution is 0.306. The Bertz CT molecular complexity index is 971. The van der Waals surface area contributed by atoms with Crippen LogP contribution in [0, 0.1) is 0 Å². The standard InChI is InChI=1S/C19H17ClN4O2/c1-13(22-23-17-11-21-24-19(25)18(17)20)15-8-5-9-16(10-15)26-12-14-6-3-2-4-7-14/h2-11H,12H2,1H3,(H2,23,24,25)/b22-13+. The molecule has 0 saturated heterocycles. The number of benzene rings is 2. The van der Waals surface area contributed by atoms with Crippen molar-refractivity contribution < 1.29 is 4.74 Å². The van der Waals surface area contributed by atoms with Crippen LogP contribution in [-0.4, -0.2) is 15.9 Å². The lowest BCUT2D eigenvalue weighted by Crippen LogP contribution is -2.10. The van der Waals surface area contributed by atoms with Crippen LogP contribution in [0.3, 0.4) is 0 Å². The molecule has 1 aromatic heterocycles. The molecular weight excluding hydrogens is 352 g/mol. The van der Waals surface area contributed by atoms with Gasteiger partial charge in [-0.05, 0) is 24.6 Å². The lowest BCUT2D eigenvalue weighted by atomic mass is 10.1. The van der Waals surface area contributed by atoms with Gasteiger partial charge >= 0.3 is 0 Å². The number of nitrogens with one attached hydrogen (secondary N) is 2. The molecule has 3 aromatic rings. The van der Waals surface area contributed by atoms with Crippen molar-refractivity contribution in [3.05, 3.63) is 87.3 Å². The molecule has 0 spiro atoms. The fourth-order valence-electron chi connectivity index (χ4n) is 2.22. The van der Waals surface area contributed by atoms with Crippen molar-refractivity contribution in [2.45, 2.75) is 13.5 Å². The van der Waals surface area contributed by atoms with Gasteiger partial charge in [0.1, 0.15) is 23.1 Å². The number of hydrogen-bond donors (Lipinski definition) is 2. The average molecular weight is 369 g/mol. The zero-order chi connectivity index (χ0) is 18.4. The molecular formula is C19H17ClN4O2. The number of halogens is 1. The molecule has 132 valence electrons. The fourth-order valence-corrected chi connectivity index (χ4v) is 2.36. The molecule has 0 bridgehead atoms. The molecule has 0 unspecified atom stereocenters. The maximum Gasteiger partial charge on any atom is 0.285 e. The third-order valence-corrected chi connectivity index (χ3v) is 4.02. The summed E-state index contributed by atoms with van der Waals surface area (Å²) in [6, 6.07) is 17.6. The summed E-state index contributed by atoms with van der Waals surface area (Å²) in [6.45, 7) is 2.34. The second-order valence-corrected chi connectivity index (χ2v) is 5.92. The smallest absolute Gasteiger partial charge is 0.285 e. The lowest BCUT2D eigenvalue weighted by Gasteiger charge is -2.09. The van der Waals surface area contributed by atoms with E-state index in [0.29, 0.717) is 18.0 Å². The van der Waals surface area contributed by atoms with E-state index < -0.39 is 5.56 Å². The minimum atomic E-state index is -0.471. The molecule has 0 aliphatic heterocycles. The molecule has 26 heavy (non-hydrogen) atoms. The van der Waals surface area contributed by atoms with Crippen LogP contribution >= 0.6 is 11.6 Å². The van der Waals surface area contributed by atoms with Crippen molar-refractivity contribution in [1.82, 2.24) is 10.2 Å². The van der Waals surface area contributed by atoms with Crippen molar-refractivity contribution >= 4 is 23.0 Å². The van der Waals surface area contributed by atoms with Gasteiger partial charge in [-0.25, -0.2) is 5.10 Å². The molecule has 0 fully saturated rings. The zero-order valence-corrected chi connectivity index (χ0v) is 14.8. The van der Waals surface area contributed by atoms with Gasteiger partial charge in [0.05, 0.1) is 11.9 Å². The minimum Gasteiger partial charge on any atom is -0.489 e. The Labute approximate surface area is 155 Å². The predicted octanol–water partition coefficient (Wildman–Crippen LogP) is 3.84. The Balaban J connectivity index is 1.70. The molecule has 2 aromatic carbocycles. The Kier molecular flexibility index (Phi) is 5.66. The molecule has 0 aliphatic carbocycles. The number of hydrogen-bond acceptors (Lipinski definition) is 5.